The Balaban J connectivity index is 2.41. The first-order valence-corrected chi connectivity index (χ1v) is 5.97. The van der Waals surface area contributed by atoms with Gasteiger partial charge in [0.05, 0.1) is 12.0 Å². The highest BCUT2D eigenvalue weighted by Crippen LogP contribution is 2.12. The Kier molecular flexibility index (Phi) is 5.10. The maximum absolute atomic E-state index is 11.6. The average Bonchev–Trinajstić information content (AvgIpc) is 2.37. The van der Waals surface area contributed by atoms with Crippen LogP contribution in [0.2, 0.25) is 0 Å². The van der Waals surface area contributed by atoms with E-state index in [1.165, 1.54) is 0 Å². The van der Waals surface area contributed by atoms with Crippen LogP contribution in [-0.2, 0) is 11.2 Å². The number of hydrogen-bond acceptors (Lipinski definition) is 3. The lowest BCUT2D eigenvalue weighted by molar-refractivity contribution is -0.121. The number of aliphatic hydroxyl groups is 1. The van der Waals surface area contributed by atoms with Crippen LogP contribution in [0.4, 0.5) is 0 Å². The van der Waals surface area contributed by atoms with Crippen molar-refractivity contribution in [2.75, 3.05) is 6.54 Å². The first-order chi connectivity index (χ1) is 8.09. The fraction of sp³-hybridized carbons (Fsp3) is 0.538. The van der Waals surface area contributed by atoms with Gasteiger partial charge in [-0.15, -0.1) is 0 Å². The summed E-state index contributed by atoms with van der Waals surface area (Å²) in [6.07, 6.45) is 4.92. The lowest BCUT2D eigenvalue weighted by Crippen LogP contribution is -2.42. The standard InChI is InChI=1S/C13H20N2O2/c1-3-13(17,4-2)10-15-12(16)8-11-6-5-7-14-9-11/h5-7,9,17H,3-4,8,10H2,1-2H3,(H,15,16). The van der Waals surface area contributed by atoms with Crippen molar-refractivity contribution in [1.29, 1.82) is 0 Å². The fourth-order valence-electron chi connectivity index (χ4n) is 1.51. The molecule has 1 amide bonds. The molecule has 4 heteroatoms. The molecule has 1 aromatic rings. The van der Waals surface area contributed by atoms with Gasteiger partial charge in [-0.1, -0.05) is 19.9 Å². The van der Waals surface area contributed by atoms with E-state index in [1.807, 2.05) is 19.9 Å². The fourth-order valence-corrected chi connectivity index (χ4v) is 1.51. The van der Waals surface area contributed by atoms with Gasteiger partial charge in [0, 0.05) is 18.9 Å². The molecule has 1 rings (SSSR count). The third-order valence-electron chi connectivity index (χ3n) is 3.02. The van der Waals surface area contributed by atoms with Crippen molar-refractivity contribution >= 4 is 5.91 Å². The summed E-state index contributed by atoms with van der Waals surface area (Å²) in [5.74, 6) is -0.0849. The van der Waals surface area contributed by atoms with E-state index in [1.54, 1.807) is 18.5 Å². The number of nitrogens with zero attached hydrogens (tertiary/aromatic N) is 1. The summed E-state index contributed by atoms with van der Waals surface area (Å²) >= 11 is 0. The highest BCUT2D eigenvalue weighted by atomic mass is 16.3. The zero-order chi connectivity index (χ0) is 12.7. The van der Waals surface area contributed by atoms with E-state index in [0.29, 0.717) is 25.8 Å². The van der Waals surface area contributed by atoms with Gasteiger partial charge in [-0.05, 0) is 24.5 Å². The Morgan fingerprint density at radius 1 is 1.47 bits per heavy atom. The van der Waals surface area contributed by atoms with Crippen LogP contribution in [0.3, 0.4) is 0 Å². The summed E-state index contributed by atoms with van der Waals surface area (Å²) < 4.78 is 0. The molecule has 4 nitrogen and oxygen atoms in total. The van der Waals surface area contributed by atoms with Crippen LogP contribution >= 0.6 is 0 Å². The molecule has 0 aliphatic heterocycles. The van der Waals surface area contributed by atoms with E-state index in [9.17, 15) is 9.90 Å². The van der Waals surface area contributed by atoms with Crippen LogP contribution in [0.15, 0.2) is 24.5 Å². The zero-order valence-electron chi connectivity index (χ0n) is 10.4. The van der Waals surface area contributed by atoms with Gasteiger partial charge in [0.1, 0.15) is 0 Å². The Morgan fingerprint density at radius 2 is 2.18 bits per heavy atom. The van der Waals surface area contributed by atoms with Gasteiger partial charge in [-0.25, -0.2) is 0 Å². The Hall–Kier alpha value is -1.42. The molecular weight excluding hydrogens is 216 g/mol. The largest absolute Gasteiger partial charge is 0.388 e. The van der Waals surface area contributed by atoms with Crippen molar-refractivity contribution in [3.8, 4) is 0 Å². The highest BCUT2D eigenvalue weighted by molar-refractivity contribution is 5.78. The summed E-state index contributed by atoms with van der Waals surface area (Å²) in [7, 11) is 0. The molecule has 0 atom stereocenters. The third-order valence-corrected chi connectivity index (χ3v) is 3.02. The molecule has 0 fully saturated rings. The molecule has 2 N–H and O–H groups in total. The third kappa shape index (κ3) is 4.53. The number of carbonyl (C=O) groups is 1. The van der Waals surface area contributed by atoms with Gasteiger partial charge in [0.25, 0.3) is 0 Å². The van der Waals surface area contributed by atoms with Gasteiger partial charge in [-0.2, -0.15) is 0 Å². The van der Waals surface area contributed by atoms with Crippen LogP contribution in [0.1, 0.15) is 32.3 Å². The Labute approximate surface area is 102 Å². The monoisotopic (exact) mass is 236 g/mol. The minimum atomic E-state index is -0.787. The van der Waals surface area contributed by atoms with Crippen molar-refractivity contribution in [2.45, 2.75) is 38.7 Å². The first-order valence-electron chi connectivity index (χ1n) is 5.97. The second-order valence-electron chi connectivity index (χ2n) is 4.25. The molecular formula is C13H20N2O2. The number of aromatic nitrogens is 1. The molecule has 0 aromatic carbocycles. The molecule has 94 valence electrons. The zero-order valence-corrected chi connectivity index (χ0v) is 10.4. The number of pyridine rings is 1. The van der Waals surface area contributed by atoms with E-state index in [0.717, 1.165) is 5.56 Å². The highest BCUT2D eigenvalue weighted by Gasteiger charge is 2.22. The molecule has 0 bridgehead atoms. The van der Waals surface area contributed by atoms with Gasteiger partial charge >= 0.3 is 0 Å². The van der Waals surface area contributed by atoms with E-state index in [4.69, 9.17) is 0 Å². The van der Waals surface area contributed by atoms with Crippen molar-refractivity contribution in [1.82, 2.24) is 10.3 Å². The predicted molar refractivity (Wildman–Crippen MR) is 66.5 cm³/mol. The number of hydrogen-bond donors (Lipinski definition) is 2. The number of amides is 1. The molecule has 17 heavy (non-hydrogen) atoms. The average molecular weight is 236 g/mol. The number of nitrogens with one attached hydrogen (secondary N) is 1. The molecule has 0 saturated heterocycles. The van der Waals surface area contributed by atoms with Crippen LogP contribution in [0, 0.1) is 0 Å². The van der Waals surface area contributed by atoms with Crippen molar-refractivity contribution in [3.05, 3.63) is 30.1 Å². The maximum Gasteiger partial charge on any atom is 0.224 e. The molecule has 0 aliphatic carbocycles. The maximum atomic E-state index is 11.6. The van der Waals surface area contributed by atoms with Crippen molar-refractivity contribution in [2.24, 2.45) is 0 Å². The SMILES string of the molecule is CCC(O)(CC)CNC(=O)Cc1cccnc1. The molecule has 0 spiro atoms. The molecule has 0 unspecified atom stereocenters. The lowest BCUT2D eigenvalue weighted by Gasteiger charge is -2.25. The van der Waals surface area contributed by atoms with Crippen LogP contribution < -0.4 is 5.32 Å². The van der Waals surface area contributed by atoms with Crippen LogP contribution in [-0.4, -0.2) is 28.1 Å². The van der Waals surface area contributed by atoms with E-state index >= 15 is 0 Å². The quantitative estimate of drug-likeness (QED) is 0.782. The van der Waals surface area contributed by atoms with E-state index in [-0.39, 0.29) is 5.91 Å². The van der Waals surface area contributed by atoms with Crippen LogP contribution in [0.5, 0.6) is 0 Å². The smallest absolute Gasteiger partial charge is 0.224 e. The second kappa shape index (κ2) is 6.35. The van der Waals surface area contributed by atoms with E-state index in [2.05, 4.69) is 10.3 Å². The summed E-state index contributed by atoms with van der Waals surface area (Å²) in [6, 6.07) is 3.66. The first kappa shape index (κ1) is 13.6. The van der Waals surface area contributed by atoms with Crippen molar-refractivity contribution < 1.29 is 9.90 Å². The lowest BCUT2D eigenvalue weighted by atomic mass is 9.97. The normalized spacial score (nSPS) is 11.2. The van der Waals surface area contributed by atoms with Gasteiger partial charge in [-0.3, -0.25) is 9.78 Å². The minimum absolute atomic E-state index is 0.0849. The van der Waals surface area contributed by atoms with Gasteiger partial charge < -0.3 is 10.4 Å². The molecule has 0 radical (unpaired) electrons. The Morgan fingerprint density at radius 3 is 2.71 bits per heavy atom. The molecule has 0 saturated carbocycles. The van der Waals surface area contributed by atoms with Crippen molar-refractivity contribution in [3.63, 3.8) is 0 Å². The second-order valence-corrected chi connectivity index (χ2v) is 4.25. The van der Waals surface area contributed by atoms with Crippen LogP contribution in [0.25, 0.3) is 0 Å². The molecule has 0 aliphatic rings. The predicted octanol–water partition coefficient (Wildman–Crippen LogP) is 1.29. The number of carbonyl (C=O) groups excluding carboxylic acids is 1. The summed E-state index contributed by atoms with van der Waals surface area (Å²) in [5, 5.41) is 12.8. The molecule has 1 heterocycles. The van der Waals surface area contributed by atoms with Gasteiger partial charge in [0.2, 0.25) is 5.91 Å². The summed E-state index contributed by atoms with van der Waals surface area (Å²) in [5.41, 5.74) is 0.0893. The topological polar surface area (TPSA) is 62.2 Å². The Bertz CT molecular complexity index is 348. The minimum Gasteiger partial charge on any atom is -0.388 e. The van der Waals surface area contributed by atoms with Gasteiger partial charge in [0.15, 0.2) is 0 Å². The summed E-state index contributed by atoms with van der Waals surface area (Å²) in [6.45, 7) is 4.13. The summed E-state index contributed by atoms with van der Waals surface area (Å²) in [4.78, 5) is 15.6. The molecule has 1 aromatic heterocycles. The van der Waals surface area contributed by atoms with E-state index < -0.39 is 5.60 Å². The number of rotatable bonds is 6.